The normalized spacial score (nSPS) is 17.8. The van der Waals surface area contributed by atoms with Gasteiger partial charge < -0.3 is 5.11 Å². The third kappa shape index (κ3) is 2.29. The molecule has 1 N–H and O–H groups in total. The lowest BCUT2D eigenvalue weighted by Gasteiger charge is -2.17. The molecular formula is C14H14FN3O2. The van der Waals surface area contributed by atoms with Crippen molar-refractivity contribution in [3.8, 4) is 0 Å². The molecular weight excluding hydrogens is 261 g/mol. The maximum atomic E-state index is 13.6. The van der Waals surface area contributed by atoms with Gasteiger partial charge in [0.1, 0.15) is 17.6 Å². The summed E-state index contributed by atoms with van der Waals surface area (Å²) >= 11 is 0. The summed E-state index contributed by atoms with van der Waals surface area (Å²) < 4.78 is 15.2. The van der Waals surface area contributed by atoms with Crippen molar-refractivity contribution in [2.45, 2.75) is 31.7 Å². The fourth-order valence-corrected chi connectivity index (χ4v) is 2.52. The van der Waals surface area contributed by atoms with E-state index in [9.17, 15) is 14.3 Å². The zero-order valence-corrected chi connectivity index (χ0v) is 10.8. The number of rotatable bonds is 3. The van der Waals surface area contributed by atoms with Crippen molar-refractivity contribution in [3.05, 3.63) is 47.3 Å². The molecule has 1 aliphatic heterocycles. The number of halogens is 1. The molecule has 2 heterocycles. The van der Waals surface area contributed by atoms with Gasteiger partial charge in [0.25, 0.3) is 0 Å². The molecule has 1 atom stereocenters. The number of aryl methyl sites for hydroxylation is 1. The average molecular weight is 275 g/mol. The van der Waals surface area contributed by atoms with Crippen molar-refractivity contribution in [2.24, 2.45) is 0 Å². The molecule has 0 spiro atoms. The maximum Gasteiger partial charge on any atom is 0.314 e. The second-order valence-corrected chi connectivity index (χ2v) is 4.91. The largest absolute Gasteiger partial charge is 0.481 e. The van der Waals surface area contributed by atoms with Crippen molar-refractivity contribution in [2.75, 3.05) is 0 Å². The van der Waals surface area contributed by atoms with Crippen LogP contribution >= 0.6 is 0 Å². The molecule has 1 unspecified atom stereocenters. The number of hydrogen-bond acceptors (Lipinski definition) is 3. The van der Waals surface area contributed by atoms with Crippen molar-refractivity contribution in [1.29, 1.82) is 0 Å². The Labute approximate surface area is 115 Å². The van der Waals surface area contributed by atoms with E-state index in [4.69, 9.17) is 0 Å². The fraction of sp³-hybridized carbons (Fsp3) is 0.357. The van der Waals surface area contributed by atoms with Crippen LogP contribution in [-0.4, -0.2) is 25.8 Å². The number of carboxylic acids is 1. The number of fused-ring (bicyclic) bond motifs is 1. The molecule has 0 bridgehead atoms. The summed E-state index contributed by atoms with van der Waals surface area (Å²) in [5.74, 6) is -0.829. The van der Waals surface area contributed by atoms with Crippen molar-refractivity contribution in [3.63, 3.8) is 0 Å². The van der Waals surface area contributed by atoms with Crippen LogP contribution in [0.2, 0.25) is 0 Å². The van der Waals surface area contributed by atoms with E-state index in [2.05, 4.69) is 10.1 Å². The molecule has 5 nitrogen and oxygen atoms in total. The Morgan fingerprint density at radius 2 is 2.25 bits per heavy atom. The Morgan fingerprint density at radius 1 is 1.45 bits per heavy atom. The van der Waals surface area contributed by atoms with Crippen LogP contribution < -0.4 is 0 Å². The molecule has 0 aliphatic carbocycles. The molecule has 20 heavy (non-hydrogen) atoms. The van der Waals surface area contributed by atoms with Gasteiger partial charge in [-0.25, -0.2) is 14.1 Å². The Balaban J connectivity index is 1.90. The standard InChI is InChI=1S/C14H14FN3O2/c15-11-6-2-1-4-9(11)8-12-16-13-10(14(19)20)5-3-7-18(13)17-12/h1-2,4,6,10H,3,5,7-8H2,(H,19,20). The van der Waals surface area contributed by atoms with Crippen LogP contribution in [0.15, 0.2) is 24.3 Å². The van der Waals surface area contributed by atoms with Crippen molar-refractivity contribution >= 4 is 5.97 Å². The van der Waals surface area contributed by atoms with Gasteiger partial charge in [0, 0.05) is 13.0 Å². The van der Waals surface area contributed by atoms with E-state index in [0.29, 0.717) is 30.2 Å². The first-order valence-electron chi connectivity index (χ1n) is 6.55. The smallest absolute Gasteiger partial charge is 0.314 e. The first-order valence-corrected chi connectivity index (χ1v) is 6.55. The van der Waals surface area contributed by atoms with Gasteiger partial charge in [0.2, 0.25) is 0 Å². The number of aliphatic carboxylic acids is 1. The Bertz CT molecular complexity index is 654. The number of nitrogens with zero attached hydrogens (tertiary/aromatic N) is 3. The monoisotopic (exact) mass is 275 g/mol. The predicted molar refractivity (Wildman–Crippen MR) is 68.8 cm³/mol. The minimum absolute atomic E-state index is 0.277. The molecule has 2 aromatic rings. The molecule has 104 valence electrons. The first-order chi connectivity index (χ1) is 9.65. The fourth-order valence-electron chi connectivity index (χ4n) is 2.52. The van der Waals surface area contributed by atoms with E-state index >= 15 is 0 Å². The zero-order valence-electron chi connectivity index (χ0n) is 10.8. The summed E-state index contributed by atoms with van der Waals surface area (Å²) in [4.78, 5) is 15.5. The summed E-state index contributed by atoms with van der Waals surface area (Å²) in [6.45, 7) is 0.670. The van der Waals surface area contributed by atoms with Crippen LogP contribution in [0, 0.1) is 5.82 Å². The van der Waals surface area contributed by atoms with Gasteiger partial charge in [-0.15, -0.1) is 0 Å². The average Bonchev–Trinajstić information content (AvgIpc) is 2.83. The number of aromatic nitrogens is 3. The van der Waals surface area contributed by atoms with Gasteiger partial charge in [-0.2, -0.15) is 5.10 Å². The molecule has 0 radical (unpaired) electrons. The van der Waals surface area contributed by atoms with Gasteiger partial charge in [-0.3, -0.25) is 4.79 Å². The number of hydrogen-bond donors (Lipinski definition) is 1. The topological polar surface area (TPSA) is 68.0 Å². The lowest BCUT2D eigenvalue weighted by molar-refractivity contribution is -0.139. The molecule has 6 heteroatoms. The Morgan fingerprint density at radius 3 is 3.00 bits per heavy atom. The SMILES string of the molecule is O=C(O)C1CCCn2nc(Cc3ccccc3F)nc21. The highest BCUT2D eigenvalue weighted by Crippen LogP contribution is 2.26. The zero-order chi connectivity index (χ0) is 14.1. The van der Waals surface area contributed by atoms with E-state index < -0.39 is 11.9 Å². The Kier molecular flexibility index (Phi) is 3.22. The summed E-state index contributed by atoms with van der Waals surface area (Å²) in [6.07, 6.45) is 1.62. The molecule has 0 fully saturated rings. The highest BCUT2D eigenvalue weighted by atomic mass is 19.1. The van der Waals surface area contributed by atoms with Gasteiger partial charge in [-0.1, -0.05) is 18.2 Å². The molecule has 1 aromatic carbocycles. The van der Waals surface area contributed by atoms with Gasteiger partial charge in [0.05, 0.1) is 0 Å². The van der Waals surface area contributed by atoms with E-state index in [1.165, 1.54) is 6.07 Å². The van der Waals surface area contributed by atoms with Crippen LogP contribution in [0.1, 0.15) is 36.0 Å². The Hall–Kier alpha value is -2.24. The predicted octanol–water partition coefficient (Wildman–Crippen LogP) is 1.97. The molecule has 0 saturated heterocycles. The van der Waals surface area contributed by atoms with E-state index in [-0.39, 0.29) is 12.2 Å². The molecule has 3 rings (SSSR count). The van der Waals surface area contributed by atoms with Crippen molar-refractivity contribution < 1.29 is 14.3 Å². The maximum absolute atomic E-state index is 13.6. The van der Waals surface area contributed by atoms with Crippen LogP contribution in [-0.2, 0) is 17.8 Å². The van der Waals surface area contributed by atoms with E-state index in [0.717, 1.165) is 6.42 Å². The lowest BCUT2D eigenvalue weighted by atomic mass is 10.00. The van der Waals surface area contributed by atoms with Crippen molar-refractivity contribution in [1.82, 2.24) is 14.8 Å². The summed E-state index contributed by atoms with van der Waals surface area (Å²) in [6, 6.07) is 6.47. The third-order valence-corrected chi connectivity index (χ3v) is 3.52. The molecule has 1 aromatic heterocycles. The molecule has 0 saturated carbocycles. The molecule has 1 aliphatic rings. The highest BCUT2D eigenvalue weighted by molar-refractivity contribution is 5.75. The van der Waals surface area contributed by atoms with Crippen LogP contribution in [0.3, 0.4) is 0 Å². The molecule has 0 amide bonds. The second kappa shape index (κ2) is 5.03. The van der Waals surface area contributed by atoms with E-state index in [1.54, 1.807) is 22.9 Å². The number of benzene rings is 1. The minimum Gasteiger partial charge on any atom is -0.481 e. The first kappa shape index (κ1) is 12.8. The summed E-state index contributed by atoms with van der Waals surface area (Å²) in [5.41, 5.74) is 0.516. The highest BCUT2D eigenvalue weighted by Gasteiger charge is 2.29. The van der Waals surface area contributed by atoms with Crippen LogP contribution in [0.25, 0.3) is 0 Å². The lowest BCUT2D eigenvalue weighted by Crippen LogP contribution is -2.22. The number of carboxylic acid groups (broad SMARTS) is 1. The summed E-state index contributed by atoms with van der Waals surface area (Å²) in [7, 11) is 0. The summed E-state index contributed by atoms with van der Waals surface area (Å²) in [5, 5.41) is 13.5. The van der Waals surface area contributed by atoms with Gasteiger partial charge >= 0.3 is 5.97 Å². The van der Waals surface area contributed by atoms with Gasteiger partial charge in [0.15, 0.2) is 5.82 Å². The number of carbonyl (C=O) groups is 1. The van der Waals surface area contributed by atoms with Crippen LogP contribution in [0.5, 0.6) is 0 Å². The third-order valence-electron chi connectivity index (χ3n) is 3.52. The quantitative estimate of drug-likeness (QED) is 0.930. The van der Waals surface area contributed by atoms with Gasteiger partial charge in [-0.05, 0) is 24.5 Å². The van der Waals surface area contributed by atoms with Crippen LogP contribution in [0.4, 0.5) is 4.39 Å². The van der Waals surface area contributed by atoms with E-state index in [1.807, 2.05) is 0 Å². The minimum atomic E-state index is -0.879. The second-order valence-electron chi connectivity index (χ2n) is 4.91.